The van der Waals surface area contributed by atoms with Gasteiger partial charge in [0.2, 0.25) is 5.88 Å². The Balaban J connectivity index is 2.05. The fourth-order valence-electron chi connectivity index (χ4n) is 2.83. The van der Waals surface area contributed by atoms with Gasteiger partial charge in [0, 0.05) is 10.0 Å². The first-order chi connectivity index (χ1) is 10.1. The molecule has 0 amide bonds. The first kappa shape index (κ1) is 14.6. The number of hydrogen-bond acceptors (Lipinski definition) is 3. The molecule has 1 aromatic heterocycles. The molecule has 1 heterocycles. The maximum absolute atomic E-state index is 12.3. The number of aromatic amines is 1. The minimum Gasteiger partial charge on any atom is -0.493 e. The minimum absolute atomic E-state index is 0.115. The summed E-state index contributed by atoms with van der Waals surface area (Å²) in [5, 5.41) is 10.7. The van der Waals surface area contributed by atoms with E-state index in [9.17, 15) is 9.90 Å². The third-order valence-corrected chi connectivity index (χ3v) is 5.12. The summed E-state index contributed by atoms with van der Waals surface area (Å²) in [6, 6.07) is 5.25. The van der Waals surface area contributed by atoms with Gasteiger partial charge < -0.3 is 10.1 Å². The van der Waals surface area contributed by atoms with Crippen molar-refractivity contribution >= 4 is 27.5 Å². The monoisotopic (exact) mass is 368 g/mol. The Morgan fingerprint density at radius 2 is 2.05 bits per heavy atom. The number of H-pyrrole nitrogens is 1. The summed E-state index contributed by atoms with van der Waals surface area (Å²) in [7, 11) is 0. The van der Waals surface area contributed by atoms with Gasteiger partial charge in [0.05, 0.1) is 10.6 Å². The predicted octanol–water partition coefficient (Wildman–Crippen LogP) is 4.22. The van der Waals surface area contributed by atoms with Crippen molar-refractivity contribution in [1.82, 2.24) is 9.97 Å². The first-order valence-electron chi connectivity index (χ1n) is 6.85. The summed E-state index contributed by atoms with van der Waals surface area (Å²) < 4.78 is 0.766. The summed E-state index contributed by atoms with van der Waals surface area (Å²) in [6.07, 6.45) is 4.05. The summed E-state index contributed by atoms with van der Waals surface area (Å²) in [4.78, 5) is 19.2. The standard InChI is InChI=1S/C15H14BrClN2O2/c16-10-6-5-9(7-11(10)17)13-18-14(20)12(15(21)19-13)8-3-1-2-4-8/h5-8H,1-4H2,(H2,18,19,20,21). The van der Waals surface area contributed by atoms with Crippen LogP contribution in [0.25, 0.3) is 11.4 Å². The zero-order valence-electron chi connectivity index (χ0n) is 11.2. The lowest BCUT2D eigenvalue weighted by Gasteiger charge is -2.11. The molecule has 0 bridgehead atoms. The van der Waals surface area contributed by atoms with Gasteiger partial charge in [-0.2, -0.15) is 4.98 Å². The molecule has 2 N–H and O–H groups in total. The number of nitrogens with one attached hydrogen (secondary N) is 1. The summed E-state index contributed by atoms with van der Waals surface area (Å²) >= 11 is 9.36. The number of nitrogens with zero attached hydrogens (tertiary/aromatic N) is 1. The van der Waals surface area contributed by atoms with Gasteiger partial charge in [-0.05, 0) is 46.8 Å². The van der Waals surface area contributed by atoms with E-state index in [1.54, 1.807) is 18.2 Å². The second-order valence-electron chi connectivity index (χ2n) is 5.26. The number of aromatic hydroxyl groups is 1. The lowest BCUT2D eigenvalue weighted by molar-refractivity contribution is 0.436. The summed E-state index contributed by atoms with van der Waals surface area (Å²) in [5.74, 6) is 0.275. The SMILES string of the molecule is O=c1[nH]c(-c2ccc(Br)c(Cl)c2)nc(O)c1C1CCCC1. The molecule has 1 aliphatic carbocycles. The van der Waals surface area contributed by atoms with Crippen LogP contribution in [0.3, 0.4) is 0 Å². The van der Waals surface area contributed by atoms with Gasteiger partial charge >= 0.3 is 0 Å². The van der Waals surface area contributed by atoms with Crippen molar-refractivity contribution in [2.75, 3.05) is 0 Å². The van der Waals surface area contributed by atoms with Gasteiger partial charge in [-0.1, -0.05) is 30.5 Å². The fourth-order valence-corrected chi connectivity index (χ4v) is 3.26. The second kappa shape index (κ2) is 5.81. The lowest BCUT2D eigenvalue weighted by Crippen LogP contribution is -2.17. The van der Waals surface area contributed by atoms with Crippen molar-refractivity contribution in [2.24, 2.45) is 0 Å². The molecule has 110 valence electrons. The molecule has 21 heavy (non-hydrogen) atoms. The number of benzene rings is 1. The molecule has 3 rings (SSSR count). The highest BCUT2D eigenvalue weighted by molar-refractivity contribution is 9.10. The van der Waals surface area contributed by atoms with Crippen LogP contribution < -0.4 is 5.56 Å². The van der Waals surface area contributed by atoms with Crippen LogP contribution in [0.4, 0.5) is 0 Å². The maximum Gasteiger partial charge on any atom is 0.258 e. The van der Waals surface area contributed by atoms with Gasteiger partial charge in [-0.15, -0.1) is 0 Å². The van der Waals surface area contributed by atoms with Crippen molar-refractivity contribution in [3.63, 3.8) is 0 Å². The zero-order valence-corrected chi connectivity index (χ0v) is 13.5. The molecule has 1 aliphatic rings. The summed E-state index contributed by atoms with van der Waals surface area (Å²) in [6.45, 7) is 0. The number of rotatable bonds is 2. The normalized spacial score (nSPS) is 15.5. The van der Waals surface area contributed by atoms with Crippen molar-refractivity contribution in [1.29, 1.82) is 0 Å². The Bertz CT molecular complexity index is 739. The zero-order chi connectivity index (χ0) is 15.0. The van der Waals surface area contributed by atoms with Gasteiger partial charge in [-0.25, -0.2) is 0 Å². The van der Waals surface area contributed by atoms with E-state index in [0.717, 1.165) is 30.2 Å². The highest BCUT2D eigenvalue weighted by Crippen LogP contribution is 2.36. The highest BCUT2D eigenvalue weighted by Gasteiger charge is 2.24. The molecule has 2 aromatic rings. The van der Waals surface area contributed by atoms with Crippen LogP contribution in [0.15, 0.2) is 27.5 Å². The molecule has 0 atom stereocenters. The molecule has 1 saturated carbocycles. The number of hydrogen-bond donors (Lipinski definition) is 2. The topological polar surface area (TPSA) is 66.0 Å². The van der Waals surface area contributed by atoms with E-state index in [2.05, 4.69) is 25.9 Å². The largest absolute Gasteiger partial charge is 0.493 e. The van der Waals surface area contributed by atoms with E-state index < -0.39 is 0 Å². The van der Waals surface area contributed by atoms with Crippen molar-refractivity contribution in [3.05, 3.63) is 43.6 Å². The van der Waals surface area contributed by atoms with Crippen molar-refractivity contribution < 1.29 is 5.11 Å². The minimum atomic E-state index is -0.261. The predicted molar refractivity (Wildman–Crippen MR) is 85.9 cm³/mol. The van der Waals surface area contributed by atoms with Gasteiger partial charge in [0.1, 0.15) is 5.82 Å². The fraction of sp³-hybridized carbons (Fsp3) is 0.333. The molecular weight excluding hydrogens is 356 g/mol. The molecular formula is C15H14BrClN2O2. The van der Waals surface area contributed by atoms with Crippen LogP contribution in [-0.2, 0) is 0 Å². The smallest absolute Gasteiger partial charge is 0.258 e. The Morgan fingerprint density at radius 3 is 2.67 bits per heavy atom. The molecule has 0 saturated heterocycles. The maximum atomic E-state index is 12.3. The van der Waals surface area contributed by atoms with Gasteiger partial charge in [0.15, 0.2) is 0 Å². The van der Waals surface area contributed by atoms with Gasteiger partial charge in [0.25, 0.3) is 5.56 Å². The third kappa shape index (κ3) is 2.85. The van der Waals surface area contributed by atoms with E-state index in [1.165, 1.54) is 0 Å². The molecule has 1 aromatic carbocycles. The van der Waals surface area contributed by atoms with E-state index >= 15 is 0 Å². The Hall–Kier alpha value is -1.33. The van der Waals surface area contributed by atoms with E-state index in [1.807, 2.05) is 0 Å². The molecule has 0 radical (unpaired) electrons. The first-order valence-corrected chi connectivity index (χ1v) is 8.02. The molecule has 1 fully saturated rings. The molecule has 0 spiro atoms. The van der Waals surface area contributed by atoms with Crippen molar-refractivity contribution in [2.45, 2.75) is 31.6 Å². The third-order valence-electron chi connectivity index (χ3n) is 3.89. The van der Waals surface area contributed by atoms with E-state index in [4.69, 9.17) is 11.6 Å². The molecule has 6 heteroatoms. The van der Waals surface area contributed by atoms with E-state index in [0.29, 0.717) is 22.0 Å². The Kier molecular flexibility index (Phi) is 4.04. The second-order valence-corrected chi connectivity index (χ2v) is 6.52. The van der Waals surface area contributed by atoms with Crippen molar-refractivity contribution in [3.8, 4) is 17.3 Å². The molecule has 0 unspecified atom stereocenters. The van der Waals surface area contributed by atoms with Crippen LogP contribution in [0, 0.1) is 0 Å². The average Bonchev–Trinajstić information content (AvgIpc) is 2.95. The van der Waals surface area contributed by atoms with Gasteiger partial charge in [-0.3, -0.25) is 4.79 Å². The number of halogens is 2. The lowest BCUT2D eigenvalue weighted by atomic mass is 10.00. The highest BCUT2D eigenvalue weighted by atomic mass is 79.9. The van der Waals surface area contributed by atoms with Crippen LogP contribution in [0.5, 0.6) is 5.88 Å². The Labute approximate surface area is 135 Å². The summed E-state index contributed by atoms with van der Waals surface area (Å²) in [5.41, 5.74) is 0.816. The number of aromatic nitrogens is 2. The van der Waals surface area contributed by atoms with E-state index in [-0.39, 0.29) is 17.4 Å². The van der Waals surface area contributed by atoms with Crippen LogP contribution >= 0.6 is 27.5 Å². The van der Waals surface area contributed by atoms with Crippen LogP contribution in [-0.4, -0.2) is 15.1 Å². The van der Waals surface area contributed by atoms with Crippen LogP contribution in [0.1, 0.15) is 37.2 Å². The van der Waals surface area contributed by atoms with Crippen LogP contribution in [0.2, 0.25) is 5.02 Å². The Morgan fingerprint density at radius 1 is 1.33 bits per heavy atom. The molecule has 4 nitrogen and oxygen atoms in total. The molecule has 0 aliphatic heterocycles. The average molecular weight is 370 g/mol. The quantitative estimate of drug-likeness (QED) is 0.833.